The van der Waals surface area contributed by atoms with Crippen LogP contribution in [0.4, 0.5) is 0 Å². The monoisotopic (exact) mass is 206 g/mol. The van der Waals surface area contributed by atoms with Crippen molar-refractivity contribution in [2.75, 3.05) is 13.1 Å². The lowest BCUT2D eigenvalue weighted by molar-refractivity contribution is 0.0551. The van der Waals surface area contributed by atoms with Crippen LogP contribution < -0.4 is 0 Å². The summed E-state index contributed by atoms with van der Waals surface area (Å²) < 4.78 is 0. The van der Waals surface area contributed by atoms with E-state index < -0.39 is 0 Å². The van der Waals surface area contributed by atoms with Crippen LogP contribution in [0.25, 0.3) is 0 Å². The number of piperidine rings is 1. The third-order valence-corrected chi connectivity index (χ3v) is 4.09. The minimum atomic E-state index is 0.200. The molecular weight excluding hydrogens is 184 g/mol. The maximum atomic E-state index is 8.88. The van der Waals surface area contributed by atoms with Crippen LogP contribution in [0.5, 0.6) is 0 Å². The van der Waals surface area contributed by atoms with Gasteiger partial charge in [-0.05, 0) is 45.1 Å². The lowest BCUT2D eigenvalue weighted by Crippen LogP contribution is -2.48. The quantitative estimate of drug-likeness (QED) is 0.694. The Morgan fingerprint density at radius 2 is 2.00 bits per heavy atom. The summed E-state index contributed by atoms with van der Waals surface area (Å²) in [5.41, 5.74) is 0. The summed E-state index contributed by atoms with van der Waals surface area (Å²) in [5, 5.41) is 8.88. The van der Waals surface area contributed by atoms with E-state index in [0.717, 1.165) is 18.5 Å². The summed E-state index contributed by atoms with van der Waals surface area (Å²) in [6.07, 6.45) is 8.42. The number of hydrogen-bond donors (Lipinski definition) is 0. The van der Waals surface area contributed by atoms with Gasteiger partial charge in [-0.1, -0.05) is 12.8 Å². The highest BCUT2D eigenvalue weighted by molar-refractivity contribution is 4.90. The predicted octanol–water partition coefficient (Wildman–Crippen LogP) is 2.80. The topological polar surface area (TPSA) is 27.0 Å². The molecule has 3 atom stereocenters. The predicted molar refractivity (Wildman–Crippen MR) is 61.3 cm³/mol. The zero-order valence-corrected chi connectivity index (χ0v) is 9.78. The summed E-state index contributed by atoms with van der Waals surface area (Å²) in [6, 6.07) is 3.17. The molecule has 1 saturated heterocycles. The summed E-state index contributed by atoms with van der Waals surface area (Å²) in [4.78, 5) is 2.60. The average Bonchev–Trinajstić information content (AvgIpc) is 2.29. The zero-order chi connectivity index (χ0) is 10.7. The van der Waals surface area contributed by atoms with Crippen molar-refractivity contribution in [1.82, 2.24) is 4.90 Å². The second-order valence-corrected chi connectivity index (χ2v) is 5.28. The highest BCUT2D eigenvalue weighted by Gasteiger charge is 2.33. The molecule has 2 heteroatoms. The van der Waals surface area contributed by atoms with Crippen molar-refractivity contribution >= 4 is 0 Å². The maximum Gasteiger partial charge on any atom is 0.0666 e. The normalized spacial score (nSPS) is 34.1. The molecule has 15 heavy (non-hydrogen) atoms. The first kappa shape index (κ1) is 11.0. The van der Waals surface area contributed by atoms with Crippen LogP contribution >= 0.6 is 0 Å². The Hall–Kier alpha value is -0.550. The average molecular weight is 206 g/mol. The van der Waals surface area contributed by atoms with Gasteiger partial charge in [-0.3, -0.25) is 4.90 Å². The molecule has 1 aliphatic carbocycles. The van der Waals surface area contributed by atoms with E-state index in [1.54, 1.807) is 0 Å². The summed E-state index contributed by atoms with van der Waals surface area (Å²) in [5.74, 6) is 1.14. The Bertz CT molecular complexity index is 241. The molecule has 0 amide bonds. The fourth-order valence-corrected chi connectivity index (χ4v) is 3.35. The molecule has 0 bridgehead atoms. The Morgan fingerprint density at radius 3 is 2.80 bits per heavy atom. The van der Waals surface area contributed by atoms with Gasteiger partial charge < -0.3 is 0 Å². The van der Waals surface area contributed by atoms with Crippen LogP contribution in [0.3, 0.4) is 0 Å². The van der Waals surface area contributed by atoms with Gasteiger partial charge in [-0.25, -0.2) is 0 Å². The SMILES string of the molecule is CC(C#N)CN1CCCC2CCCCC21. The van der Waals surface area contributed by atoms with E-state index >= 15 is 0 Å². The van der Waals surface area contributed by atoms with Crippen LogP contribution in [-0.4, -0.2) is 24.0 Å². The van der Waals surface area contributed by atoms with Crippen LogP contribution in [0.15, 0.2) is 0 Å². The Kier molecular flexibility index (Phi) is 3.64. The fourth-order valence-electron chi connectivity index (χ4n) is 3.35. The van der Waals surface area contributed by atoms with E-state index in [1.807, 2.05) is 6.92 Å². The van der Waals surface area contributed by atoms with Crippen LogP contribution in [0, 0.1) is 23.2 Å². The van der Waals surface area contributed by atoms with E-state index in [1.165, 1.54) is 45.1 Å². The van der Waals surface area contributed by atoms with Gasteiger partial charge in [-0.2, -0.15) is 5.26 Å². The van der Waals surface area contributed by atoms with Crippen molar-refractivity contribution in [3.05, 3.63) is 0 Å². The number of nitrogens with zero attached hydrogens (tertiary/aromatic N) is 2. The summed E-state index contributed by atoms with van der Waals surface area (Å²) in [6.45, 7) is 4.28. The van der Waals surface area contributed by atoms with Gasteiger partial charge in [-0.15, -0.1) is 0 Å². The smallest absolute Gasteiger partial charge is 0.0666 e. The molecule has 2 nitrogen and oxygen atoms in total. The summed E-state index contributed by atoms with van der Waals surface area (Å²) >= 11 is 0. The molecule has 0 aromatic rings. The van der Waals surface area contributed by atoms with Gasteiger partial charge in [0, 0.05) is 12.6 Å². The largest absolute Gasteiger partial charge is 0.299 e. The molecule has 1 heterocycles. The minimum Gasteiger partial charge on any atom is -0.299 e. The van der Waals surface area contributed by atoms with Crippen LogP contribution in [-0.2, 0) is 0 Å². The number of nitriles is 1. The molecule has 84 valence electrons. The van der Waals surface area contributed by atoms with E-state index in [2.05, 4.69) is 11.0 Å². The second-order valence-electron chi connectivity index (χ2n) is 5.28. The van der Waals surface area contributed by atoms with Gasteiger partial charge in [0.05, 0.1) is 12.0 Å². The Morgan fingerprint density at radius 1 is 1.27 bits per heavy atom. The molecule has 0 aromatic heterocycles. The first-order valence-electron chi connectivity index (χ1n) is 6.45. The third kappa shape index (κ3) is 2.52. The molecule has 2 rings (SSSR count). The van der Waals surface area contributed by atoms with E-state index in [-0.39, 0.29) is 5.92 Å². The highest BCUT2D eigenvalue weighted by Crippen LogP contribution is 2.35. The fraction of sp³-hybridized carbons (Fsp3) is 0.923. The highest BCUT2D eigenvalue weighted by atomic mass is 15.2. The number of likely N-dealkylation sites (tertiary alicyclic amines) is 1. The number of hydrogen-bond acceptors (Lipinski definition) is 2. The first-order chi connectivity index (χ1) is 7.31. The standard InChI is InChI=1S/C13H22N2/c1-11(9-14)10-15-8-4-6-12-5-2-3-7-13(12)15/h11-13H,2-8,10H2,1H3. The van der Waals surface area contributed by atoms with E-state index in [0.29, 0.717) is 0 Å². The van der Waals surface area contributed by atoms with Gasteiger partial charge in [0.25, 0.3) is 0 Å². The zero-order valence-electron chi connectivity index (χ0n) is 9.78. The van der Waals surface area contributed by atoms with Crippen LogP contribution in [0.2, 0.25) is 0 Å². The molecule has 0 aromatic carbocycles. The number of fused-ring (bicyclic) bond motifs is 1. The van der Waals surface area contributed by atoms with Crippen molar-refractivity contribution in [3.8, 4) is 6.07 Å². The van der Waals surface area contributed by atoms with Gasteiger partial charge in [0.1, 0.15) is 0 Å². The molecule has 2 aliphatic rings. The third-order valence-electron chi connectivity index (χ3n) is 4.09. The summed E-state index contributed by atoms with van der Waals surface area (Å²) in [7, 11) is 0. The van der Waals surface area contributed by atoms with Crippen LogP contribution in [0.1, 0.15) is 45.4 Å². The van der Waals surface area contributed by atoms with Crippen molar-refractivity contribution < 1.29 is 0 Å². The van der Waals surface area contributed by atoms with Gasteiger partial charge in [0.2, 0.25) is 0 Å². The molecule has 1 aliphatic heterocycles. The molecule has 0 spiro atoms. The molecule has 0 N–H and O–H groups in total. The second kappa shape index (κ2) is 4.99. The maximum absolute atomic E-state index is 8.88. The molecule has 1 saturated carbocycles. The van der Waals surface area contributed by atoms with Gasteiger partial charge >= 0.3 is 0 Å². The van der Waals surface area contributed by atoms with Crippen molar-refractivity contribution in [2.45, 2.75) is 51.5 Å². The van der Waals surface area contributed by atoms with Crippen molar-refractivity contribution in [1.29, 1.82) is 5.26 Å². The lowest BCUT2D eigenvalue weighted by Gasteiger charge is -2.44. The van der Waals surface area contributed by atoms with Gasteiger partial charge in [0.15, 0.2) is 0 Å². The molecule has 0 radical (unpaired) electrons. The molecule has 2 fully saturated rings. The molecule has 3 unspecified atom stereocenters. The number of rotatable bonds is 2. The Balaban J connectivity index is 1.95. The Labute approximate surface area is 93.3 Å². The molecular formula is C13H22N2. The van der Waals surface area contributed by atoms with Crippen molar-refractivity contribution in [2.24, 2.45) is 11.8 Å². The minimum absolute atomic E-state index is 0.200. The van der Waals surface area contributed by atoms with Crippen molar-refractivity contribution in [3.63, 3.8) is 0 Å². The lowest BCUT2D eigenvalue weighted by atomic mass is 9.78. The first-order valence-corrected chi connectivity index (χ1v) is 6.45. The van der Waals surface area contributed by atoms with E-state index in [9.17, 15) is 0 Å². The van der Waals surface area contributed by atoms with E-state index in [4.69, 9.17) is 5.26 Å².